The Balaban J connectivity index is 1.60. The minimum absolute atomic E-state index is 0.0704. The Morgan fingerprint density at radius 3 is 2.52 bits per heavy atom. The maximum Gasteiger partial charge on any atom is 0.284 e. The van der Waals surface area contributed by atoms with Gasteiger partial charge < -0.3 is 30.7 Å². The quantitative estimate of drug-likeness (QED) is 0.128. The van der Waals surface area contributed by atoms with Gasteiger partial charge in [0.15, 0.2) is 0 Å². The van der Waals surface area contributed by atoms with E-state index in [1.165, 1.54) is 24.7 Å². The predicted octanol–water partition coefficient (Wildman–Crippen LogP) is 2.08. The summed E-state index contributed by atoms with van der Waals surface area (Å²) < 4.78 is 3.15. The van der Waals surface area contributed by atoms with Crippen molar-refractivity contribution in [1.29, 1.82) is 0 Å². The molecule has 3 rings (SSSR count). The first-order valence-electron chi connectivity index (χ1n) is 14.3. The minimum Gasteiger partial charge on any atom is -0.396 e. The van der Waals surface area contributed by atoms with Crippen LogP contribution in [-0.4, -0.2) is 90.1 Å². The second kappa shape index (κ2) is 16.5. The SMILES string of the molecule is CCN(C(C)=O)/C(SNc1cccc(C(=O)NCCCN2CCCC2)c1)=C(\N)C(=O)NN1CCC(CCO)CC1. The molecule has 0 aromatic heterocycles. The number of aliphatic hydroxyl groups excluding tert-OH is 1. The van der Waals surface area contributed by atoms with Crippen molar-refractivity contribution in [2.75, 3.05) is 57.1 Å². The summed E-state index contributed by atoms with van der Waals surface area (Å²) in [6, 6.07) is 7.08. The summed E-state index contributed by atoms with van der Waals surface area (Å²) in [6.45, 7) is 8.98. The monoisotopic (exact) mass is 575 g/mol. The van der Waals surface area contributed by atoms with Gasteiger partial charge in [0.1, 0.15) is 10.7 Å². The molecule has 3 amide bonds. The van der Waals surface area contributed by atoms with Gasteiger partial charge in [-0.05, 0) is 89.2 Å². The zero-order valence-corrected chi connectivity index (χ0v) is 24.6. The Morgan fingerprint density at radius 2 is 1.88 bits per heavy atom. The molecule has 40 heavy (non-hydrogen) atoms. The third-order valence-electron chi connectivity index (χ3n) is 7.35. The lowest BCUT2D eigenvalue weighted by Crippen LogP contribution is -2.48. The molecule has 0 bridgehead atoms. The summed E-state index contributed by atoms with van der Waals surface area (Å²) >= 11 is 1.06. The molecule has 0 aliphatic carbocycles. The van der Waals surface area contributed by atoms with Crippen molar-refractivity contribution >= 4 is 35.4 Å². The molecule has 12 heteroatoms. The number of aliphatic hydroxyl groups is 1. The number of likely N-dealkylation sites (tertiary alicyclic amines) is 1. The molecule has 6 N–H and O–H groups in total. The second-order valence-electron chi connectivity index (χ2n) is 10.3. The van der Waals surface area contributed by atoms with Crippen LogP contribution >= 0.6 is 11.9 Å². The van der Waals surface area contributed by atoms with Gasteiger partial charge >= 0.3 is 0 Å². The molecule has 2 fully saturated rings. The third kappa shape index (κ3) is 9.69. The van der Waals surface area contributed by atoms with Crippen LogP contribution in [0.2, 0.25) is 0 Å². The fraction of sp³-hybridized carbons (Fsp3) is 0.607. The van der Waals surface area contributed by atoms with E-state index in [9.17, 15) is 14.4 Å². The summed E-state index contributed by atoms with van der Waals surface area (Å²) in [5.74, 6) is -0.421. The van der Waals surface area contributed by atoms with E-state index in [1.54, 1.807) is 18.2 Å². The van der Waals surface area contributed by atoms with Crippen LogP contribution in [0.3, 0.4) is 0 Å². The van der Waals surface area contributed by atoms with E-state index in [2.05, 4.69) is 20.4 Å². The van der Waals surface area contributed by atoms with Gasteiger partial charge in [0.25, 0.3) is 11.8 Å². The van der Waals surface area contributed by atoms with Gasteiger partial charge in [0.05, 0.1) is 0 Å². The van der Waals surface area contributed by atoms with E-state index in [-0.39, 0.29) is 24.1 Å². The number of hydrogen-bond acceptors (Lipinski definition) is 9. The van der Waals surface area contributed by atoms with E-state index < -0.39 is 5.91 Å². The standard InChI is InChI=1S/C28H45N7O4S/c1-3-35(21(2)37)28(25(29)27(39)31-34-17-10-22(11-18-34)12-19-36)40-32-24-9-6-8-23(20-24)26(38)30-13-7-16-33-14-4-5-15-33/h6,8-9,20,22,32,36H,3-5,7,10-19,29H2,1-2H3,(H,30,38)(H,31,39)/b28-25+. The lowest BCUT2D eigenvalue weighted by atomic mass is 9.95. The molecule has 2 aliphatic heterocycles. The zero-order chi connectivity index (χ0) is 28.9. The van der Waals surface area contributed by atoms with Crippen LogP contribution in [0.4, 0.5) is 5.69 Å². The van der Waals surface area contributed by atoms with Crippen molar-refractivity contribution in [3.05, 3.63) is 40.6 Å². The van der Waals surface area contributed by atoms with Crippen LogP contribution in [0.15, 0.2) is 35.0 Å². The van der Waals surface area contributed by atoms with Gasteiger partial charge in [-0.2, -0.15) is 0 Å². The van der Waals surface area contributed by atoms with E-state index >= 15 is 0 Å². The number of rotatable bonds is 14. The Hall–Kier alpha value is -2.80. The summed E-state index contributed by atoms with van der Waals surface area (Å²) in [6.07, 6.45) is 5.94. The number of anilines is 1. The number of carbonyl (C=O) groups is 3. The lowest BCUT2D eigenvalue weighted by Gasteiger charge is -2.32. The molecule has 1 aromatic carbocycles. The molecule has 2 heterocycles. The highest BCUT2D eigenvalue weighted by Gasteiger charge is 2.25. The number of hydrogen-bond donors (Lipinski definition) is 5. The number of nitrogens with one attached hydrogen (secondary N) is 3. The predicted molar refractivity (Wildman–Crippen MR) is 159 cm³/mol. The smallest absolute Gasteiger partial charge is 0.284 e. The first kappa shape index (κ1) is 31.7. The van der Waals surface area contributed by atoms with E-state index in [4.69, 9.17) is 10.8 Å². The highest BCUT2D eigenvalue weighted by atomic mass is 32.2. The first-order chi connectivity index (χ1) is 19.3. The zero-order valence-electron chi connectivity index (χ0n) is 23.8. The number of nitrogens with two attached hydrogens (primary N) is 1. The molecule has 0 saturated carbocycles. The lowest BCUT2D eigenvalue weighted by molar-refractivity contribution is -0.126. The summed E-state index contributed by atoms with van der Waals surface area (Å²) in [5.41, 5.74) is 10.3. The van der Waals surface area contributed by atoms with Crippen LogP contribution in [0.25, 0.3) is 0 Å². The normalized spacial score (nSPS) is 17.3. The first-order valence-corrected chi connectivity index (χ1v) is 15.1. The summed E-state index contributed by atoms with van der Waals surface area (Å²) in [7, 11) is 0. The van der Waals surface area contributed by atoms with Gasteiger partial charge in [0, 0.05) is 62.9 Å². The number of nitrogens with zero attached hydrogens (tertiary/aromatic N) is 3. The number of hydrazine groups is 1. The topological polar surface area (TPSA) is 143 Å². The molecular formula is C28H45N7O4S. The largest absolute Gasteiger partial charge is 0.396 e. The van der Waals surface area contributed by atoms with E-state index in [0.717, 1.165) is 57.3 Å². The molecule has 1 aromatic rings. The molecule has 2 saturated heterocycles. The van der Waals surface area contributed by atoms with Crippen LogP contribution in [-0.2, 0) is 9.59 Å². The van der Waals surface area contributed by atoms with Crippen molar-refractivity contribution in [2.24, 2.45) is 11.7 Å². The van der Waals surface area contributed by atoms with Crippen LogP contribution < -0.4 is 21.2 Å². The van der Waals surface area contributed by atoms with Crippen LogP contribution in [0.1, 0.15) is 62.7 Å². The van der Waals surface area contributed by atoms with Crippen molar-refractivity contribution in [1.82, 2.24) is 25.6 Å². The molecule has 0 atom stereocenters. The number of piperidine rings is 1. The number of amides is 3. The van der Waals surface area contributed by atoms with Crippen LogP contribution in [0.5, 0.6) is 0 Å². The maximum absolute atomic E-state index is 13.1. The molecule has 2 aliphatic rings. The van der Waals surface area contributed by atoms with Gasteiger partial charge in [-0.25, -0.2) is 5.01 Å². The fourth-order valence-corrected chi connectivity index (χ4v) is 5.94. The average molecular weight is 576 g/mol. The van der Waals surface area contributed by atoms with E-state index in [0.29, 0.717) is 48.4 Å². The number of benzene rings is 1. The molecule has 11 nitrogen and oxygen atoms in total. The van der Waals surface area contributed by atoms with Crippen molar-refractivity contribution in [3.63, 3.8) is 0 Å². The molecule has 0 radical (unpaired) electrons. The average Bonchev–Trinajstić information content (AvgIpc) is 3.47. The molecule has 222 valence electrons. The minimum atomic E-state index is -0.480. The van der Waals surface area contributed by atoms with Gasteiger partial charge in [0.2, 0.25) is 5.91 Å². The Bertz CT molecular complexity index is 1020. The second-order valence-corrected chi connectivity index (χ2v) is 11.1. The summed E-state index contributed by atoms with van der Waals surface area (Å²) in [4.78, 5) is 42.0. The maximum atomic E-state index is 13.1. The molecule has 0 spiro atoms. The highest BCUT2D eigenvalue weighted by molar-refractivity contribution is 8.04. The Kier molecular flexibility index (Phi) is 13.1. The van der Waals surface area contributed by atoms with E-state index in [1.807, 2.05) is 18.0 Å². The van der Waals surface area contributed by atoms with Gasteiger partial charge in [-0.1, -0.05) is 6.07 Å². The molecule has 0 unspecified atom stereocenters. The summed E-state index contributed by atoms with van der Waals surface area (Å²) in [5, 5.41) is 14.3. The Morgan fingerprint density at radius 1 is 1.15 bits per heavy atom. The van der Waals surface area contributed by atoms with Gasteiger partial charge in [-0.15, -0.1) is 0 Å². The Labute approximate surface area is 242 Å². The van der Waals surface area contributed by atoms with Crippen molar-refractivity contribution in [2.45, 2.75) is 52.4 Å². The highest BCUT2D eigenvalue weighted by Crippen LogP contribution is 2.26. The number of carbonyl (C=O) groups excluding carboxylic acids is 3. The van der Waals surface area contributed by atoms with Gasteiger partial charge in [-0.3, -0.25) is 19.8 Å². The van der Waals surface area contributed by atoms with Crippen molar-refractivity contribution in [3.8, 4) is 0 Å². The third-order valence-corrected chi connectivity index (χ3v) is 8.33. The van der Waals surface area contributed by atoms with Crippen LogP contribution in [0, 0.1) is 5.92 Å². The van der Waals surface area contributed by atoms with Crippen molar-refractivity contribution < 1.29 is 19.5 Å². The molecular weight excluding hydrogens is 530 g/mol. The fourth-order valence-electron chi connectivity index (χ4n) is 5.03.